The molecule has 0 aliphatic carbocycles. The number of aromatic nitrogens is 6. The quantitative estimate of drug-likeness (QED) is 0.133. The molecule has 0 radical (unpaired) electrons. The van der Waals surface area contributed by atoms with E-state index in [1.807, 2.05) is 22.8 Å². The van der Waals surface area contributed by atoms with Crippen molar-refractivity contribution in [1.29, 1.82) is 26.3 Å². The number of carboxylic acids is 1. The van der Waals surface area contributed by atoms with Crippen molar-refractivity contribution < 1.29 is 53.3 Å². The number of benzene rings is 3. The van der Waals surface area contributed by atoms with Gasteiger partial charge in [0.15, 0.2) is 0 Å². The molecule has 18 nitrogen and oxygen atoms in total. The third kappa shape index (κ3) is 11.3. The summed E-state index contributed by atoms with van der Waals surface area (Å²) < 4.78 is 16.0. The van der Waals surface area contributed by atoms with Gasteiger partial charge in [-0.15, -0.1) is 0 Å². The zero-order chi connectivity index (χ0) is 49.2. The van der Waals surface area contributed by atoms with Gasteiger partial charge in [-0.05, 0) is 121 Å². The van der Waals surface area contributed by atoms with Gasteiger partial charge in [0.25, 0.3) is 0 Å². The molecule has 342 valence electrons. The van der Waals surface area contributed by atoms with Crippen molar-refractivity contribution in [3.8, 4) is 47.4 Å². The summed E-state index contributed by atoms with van der Waals surface area (Å²) in [5.74, 6) is -1.73. The smallest absolute Gasteiger partial charge is 0.870 e. The maximum Gasteiger partial charge on any atom is 1.00 e. The zero-order valence-corrected chi connectivity index (χ0v) is 39.4. The summed E-state index contributed by atoms with van der Waals surface area (Å²) in [5.41, 5.74) is 7.36. The number of ether oxygens (including phenoxy) is 2. The number of pyridine rings is 3. The Morgan fingerprint density at radius 3 is 1.17 bits per heavy atom. The minimum absolute atomic E-state index is 0. The number of aromatic carboxylic acids is 1. The Bertz CT molecular complexity index is 3680. The normalized spacial score (nSPS) is 9.94. The third-order valence-electron chi connectivity index (χ3n) is 10.2. The molecule has 0 atom stereocenters. The summed E-state index contributed by atoms with van der Waals surface area (Å²) >= 11 is 3.37. The van der Waals surface area contributed by atoms with E-state index in [0.717, 1.165) is 21.2 Å². The van der Waals surface area contributed by atoms with Gasteiger partial charge in [0.2, 0.25) is 0 Å². The topological polar surface area (TPSA) is 292 Å². The van der Waals surface area contributed by atoms with Crippen LogP contribution in [0.4, 0.5) is 0 Å². The minimum atomic E-state index is -1.00. The molecular formula is C51H33BrLiN11O7. The van der Waals surface area contributed by atoms with Crippen LogP contribution in [-0.4, -0.2) is 70.4 Å². The van der Waals surface area contributed by atoms with Crippen molar-refractivity contribution in [3.05, 3.63) is 177 Å². The van der Waals surface area contributed by atoms with Crippen LogP contribution in [0.5, 0.6) is 0 Å². The first kappa shape index (κ1) is 52.6. The molecule has 9 rings (SSSR count). The van der Waals surface area contributed by atoms with E-state index in [1.54, 1.807) is 121 Å². The number of hydrogen-bond acceptors (Lipinski definition) is 14. The zero-order valence-electron chi connectivity index (χ0n) is 37.8. The van der Waals surface area contributed by atoms with E-state index in [2.05, 4.69) is 49.1 Å². The number of fused-ring (bicyclic) bond motifs is 3. The number of hydrogen-bond donors (Lipinski definition) is 1. The molecule has 0 unspecified atom stereocenters. The van der Waals surface area contributed by atoms with Gasteiger partial charge in [0.05, 0.1) is 57.7 Å². The molecule has 3 aromatic carbocycles. The fourth-order valence-electron chi connectivity index (χ4n) is 6.99. The number of carbonyl (C=O) groups is 3. The molecule has 0 saturated carbocycles. The molecule has 6 aromatic heterocycles. The Kier molecular flexibility index (Phi) is 17.5. The van der Waals surface area contributed by atoms with Crippen LogP contribution in [0.15, 0.2) is 133 Å². The first-order chi connectivity index (χ1) is 33.4. The van der Waals surface area contributed by atoms with Crippen molar-refractivity contribution in [2.24, 2.45) is 0 Å². The van der Waals surface area contributed by atoms with E-state index < -0.39 is 5.97 Å². The van der Waals surface area contributed by atoms with Crippen molar-refractivity contribution in [2.45, 2.75) is 13.8 Å². The van der Waals surface area contributed by atoms with Crippen LogP contribution in [0.2, 0.25) is 0 Å². The molecule has 0 saturated heterocycles. The third-order valence-corrected chi connectivity index (χ3v) is 10.7. The van der Waals surface area contributed by atoms with E-state index >= 15 is 0 Å². The van der Waals surface area contributed by atoms with Gasteiger partial charge in [-0.25, -0.2) is 29.3 Å². The average Bonchev–Trinajstić information content (AvgIpc) is 4.07. The molecule has 6 heterocycles. The number of rotatable bonds is 8. The number of carbonyl (C=O) groups excluding carboxylic acids is 2. The molecule has 0 aliphatic rings. The van der Waals surface area contributed by atoms with Crippen molar-refractivity contribution >= 4 is 66.9 Å². The number of nitrogens with zero attached hydrogens (tertiary/aromatic N) is 11. The molecule has 0 amide bonds. The monoisotopic (exact) mass is 997 g/mol. The minimum Gasteiger partial charge on any atom is -0.870 e. The van der Waals surface area contributed by atoms with Crippen LogP contribution < -0.4 is 18.9 Å². The van der Waals surface area contributed by atoms with Crippen LogP contribution >= 0.6 is 15.9 Å². The molecule has 71 heavy (non-hydrogen) atoms. The van der Waals surface area contributed by atoms with E-state index in [1.165, 1.54) is 24.5 Å². The van der Waals surface area contributed by atoms with Crippen LogP contribution in [0, 0.1) is 56.7 Å². The van der Waals surface area contributed by atoms with E-state index in [4.69, 9.17) is 25.1 Å². The predicted molar refractivity (Wildman–Crippen MR) is 255 cm³/mol. The second-order valence-electron chi connectivity index (χ2n) is 14.4. The number of halogens is 1. The Morgan fingerprint density at radius 2 is 0.859 bits per heavy atom. The van der Waals surface area contributed by atoms with Gasteiger partial charge in [-0.1, -0.05) is 0 Å². The number of esters is 2. The second kappa shape index (κ2) is 23.6. The van der Waals surface area contributed by atoms with Gasteiger partial charge >= 0.3 is 36.8 Å². The van der Waals surface area contributed by atoms with Gasteiger partial charge in [0, 0.05) is 74.9 Å². The molecular weight excluding hydrogens is 965 g/mol. The first-order valence-corrected chi connectivity index (χ1v) is 21.3. The van der Waals surface area contributed by atoms with Crippen LogP contribution in [0.1, 0.15) is 72.7 Å². The Balaban J connectivity index is 0.000000195. The molecule has 2 N–H and O–H groups in total. The standard InChI is InChI=1S/C18H12N4O2.C17H12BrN3O2.C16H8N4O2.Li.H2O/c1-2-24-18(23)13-3-5-15(6-4-13)22-11-14(9-20)16-7-12(8-19)10-21-17(16)22;1-2-23-17(22)11-3-5-14(6-4-11)21-10-12(8-19)15-7-13(18)9-20-16(15)21;17-6-10-5-14-12(7-18)9-20(15(14)19-8-10)13-3-1-11(2-4-13)16(21)22;;/h3-7,10-11H,2H2,1H3;3-7,9-10H,2H2,1H3;1-5,8-9H,(H,21,22);;1H2/q;;;+1;/p-1. The maximum absolute atomic E-state index is 11.7. The maximum atomic E-state index is 11.7. The fourth-order valence-corrected chi connectivity index (χ4v) is 7.32. The Labute approximate surface area is 424 Å². The molecule has 0 spiro atoms. The van der Waals surface area contributed by atoms with Gasteiger partial charge in [-0.3, -0.25) is 13.7 Å². The van der Waals surface area contributed by atoms with Crippen LogP contribution in [-0.2, 0) is 9.47 Å². The summed E-state index contributed by atoms with van der Waals surface area (Å²) in [5, 5.41) is 56.6. The van der Waals surface area contributed by atoms with Gasteiger partial charge < -0.3 is 20.1 Å². The summed E-state index contributed by atoms with van der Waals surface area (Å²) in [7, 11) is 0. The first-order valence-electron chi connectivity index (χ1n) is 20.5. The van der Waals surface area contributed by atoms with E-state index in [0.29, 0.717) is 85.6 Å². The Hall–Kier alpha value is -9.37. The Morgan fingerprint density at radius 1 is 0.535 bits per heavy atom. The van der Waals surface area contributed by atoms with Crippen molar-refractivity contribution in [3.63, 3.8) is 0 Å². The van der Waals surface area contributed by atoms with Gasteiger partial charge in [-0.2, -0.15) is 26.3 Å². The van der Waals surface area contributed by atoms with Crippen molar-refractivity contribution in [1.82, 2.24) is 28.7 Å². The summed E-state index contributed by atoms with van der Waals surface area (Å²) in [6, 6.07) is 35.6. The molecule has 9 aromatic rings. The summed E-state index contributed by atoms with van der Waals surface area (Å²) in [6.07, 6.45) is 9.61. The van der Waals surface area contributed by atoms with E-state index in [-0.39, 0.29) is 41.8 Å². The average molecular weight is 999 g/mol. The molecule has 20 heteroatoms. The SMILES string of the molecule is CCOC(=O)c1ccc(-n2cc(C#N)c3cc(Br)cnc32)cc1.CCOC(=O)c1ccc(-n2cc(C#N)c3cc(C#N)cnc32)cc1.N#Cc1cnc2c(c1)c(C#N)cn2-c1ccc(C(=O)O)cc1.[Li+].[OH-]. The largest absolute Gasteiger partial charge is 1.00 e. The van der Waals surface area contributed by atoms with Crippen LogP contribution in [0.3, 0.4) is 0 Å². The molecule has 0 bridgehead atoms. The molecule has 0 fully saturated rings. The summed E-state index contributed by atoms with van der Waals surface area (Å²) in [6.45, 7) is 4.18. The van der Waals surface area contributed by atoms with E-state index in [9.17, 15) is 30.2 Å². The number of carboxylic acid groups (broad SMARTS) is 1. The van der Waals surface area contributed by atoms with Crippen molar-refractivity contribution in [2.75, 3.05) is 13.2 Å². The van der Waals surface area contributed by atoms with Crippen LogP contribution in [0.25, 0.3) is 50.2 Å². The number of nitriles is 5. The predicted octanol–water partition coefficient (Wildman–Crippen LogP) is 6.08. The molecule has 0 aliphatic heterocycles. The van der Waals surface area contributed by atoms with Gasteiger partial charge in [0.1, 0.15) is 47.3 Å². The summed E-state index contributed by atoms with van der Waals surface area (Å²) in [4.78, 5) is 47.2. The second-order valence-corrected chi connectivity index (χ2v) is 15.3. The fraction of sp³-hybridized carbons (Fsp3) is 0.0784.